The SMILES string of the molecule is C=C(C)C(=O)OCOc1ccc(C=COCOc2ccc3c(c2)C(C)c2cc(OC(=O)C=Cc4ccc(OCOC(=O)C(=C)C)cc4)ccc2-3)cc1. The van der Waals surface area contributed by atoms with Gasteiger partial charge in [0.25, 0.3) is 0 Å². The van der Waals surface area contributed by atoms with Crippen molar-refractivity contribution in [2.24, 2.45) is 0 Å². The van der Waals surface area contributed by atoms with E-state index in [1.54, 1.807) is 74.7 Å². The van der Waals surface area contributed by atoms with Gasteiger partial charge in [0.2, 0.25) is 20.4 Å². The van der Waals surface area contributed by atoms with E-state index in [0.717, 1.165) is 33.4 Å². The predicted molar refractivity (Wildman–Crippen MR) is 195 cm³/mol. The summed E-state index contributed by atoms with van der Waals surface area (Å²) < 4.78 is 37.7. The minimum Gasteiger partial charge on any atom is -0.465 e. The lowest BCUT2D eigenvalue weighted by Gasteiger charge is -2.10. The van der Waals surface area contributed by atoms with Gasteiger partial charge in [0.1, 0.15) is 23.0 Å². The summed E-state index contributed by atoms with van der Waals surface area (Å²) in [6.45, 7) is 11.9. The average Bonchev–Trinajstić information content (AvgIpc) is 3.41. The molecule has 4 aromatic carbocycles. The molecule has 0 spiro atoms. The van der Waals surface area contributed by atoms with Gasteiger partial charge < -0.3 is 33.2 Å². The Bertz CT molecular complexity index is 2010. The van der Waals surface area contributed by atoms with Crippen LogP contribution in [0.5, 0.6) is 23.0 Å². The number of ether oxygens (including phenoxy) is 7. The Morgan fingerprint density at radius 3 is 1.62 bits per heavy atom. The summed E-state index contributed by atoms with van der Waals surface area (Å²) in [4.78, 5) is 35.5. The van der Waals surface area contributed by atoms with Crippen molar-refractivity contribution in [1.29, 1.82) is 0 Å². The maximum atomic E-state index is 12.6. The highest BCUT2D eigenvalue weighted by molar-refractivity contribution is 5.89. The average molecular weight is 703 g/mol. The first-order chi connectivity index (χ1) is 25.1. The Hall–Kier alpha value is -6.55. The van der Waals surface area contributed by atoms with Crippen molar-refractivity contribution in [2.75, 3.05) is 20.4 Å². The lowest BCUT2D eigenvalue weighted by molar-refractivity contribution is -0.146. The highest BCUT2D eigenvalue weighted by atomic mass is 16.7. The third-order valence-electron chi connectivity index (χ3n) is 7.84. The number of carbonyl (C=O) groups excluding carboxylic acids is 3. The fourth-order valence-corrected chi connectivity index (χ4v) is 5.09. The smallest absolute Gasteiger partial charge is 0.336 e. The van der Waals surface area contributed by atoms with Gasteiger partial charge in [-0.1, -0.05) is 56.5 Å². The van der Waals surface area contributed by atoms with Gasteiger partial charge in [0.15, 0.2) is 0 Å². The molecule has 0 N–H and O–H groups in total. The molecule has 266 valence electrons. The molecule has 0 aliphatic heterocycles. The third kappa shape index (κ3) is 10.0. The predicted octanol–water partition coefficient (Wildman–Crippen LogP) is 8.37. The van der Waals surface area contributed by atoms with Crippen LogP contribution in [0, 0.1) is 0 Å². The van der Waals surface area contributed by atoms with Crippen molar-refractivity contribution in [3.05, 3.63) is 144 Å². The van der Waals surface area contributed by atoms with E-state index in [2.05, 4.69) is 20.1 Å². The molecule has 0 radical (unpaired) electrons. The zero-order valence-corrected chi connectivity index (χ0v) is 29.1. The second kappa shape index (κ2) is 17.4. The molecule has 5 rings (SSSR count). The lowest BCUT2D eigenvalue weighted by Crippen LogP contribution is -2.10. The van der Waals surface area contributed by atoms with Crippen molar-refractivity contribution in [3.8, 4) is 34.1 Å². The molecule has 0 saturated heterocycles. The Labute approximate surface area is 302 Å². The van der Waals surface area contributed by atoms with Gasteiger partial charge in [0, 0.05) is 23.1 Å². The summed E-state index contributed by atoms with van der Waals surface area (Å²) in [5, 5.41) is 0. The molecule has 10 heteroatoms. The quantitative estimate of drug-likeness (QED) is 0.0282. The normalized spacial score (nSPS) is 12.8. The third-order valence-corrected chi connectivity index (χ3v) is 7.84. The van der Waals surface area contributed by atoms with Gasteiger partial charge in [-0.15, -0.1) is 0 Å². The van der Waals surface area contributed by atoms with Gasteiger partial charge in [-0.3, -0.25) is 0 Å². The monoisotopic (exact) mass is 702 g/mol. The van der Waals surface area contributed by atoms with Crippen LogP contribution in [0.3, 0.4) is 0 Å². The lowest BCUT2D eigenvalue weighted by atomic mass is 9.99. The number of benzene rings is 4. The summed E-state index contributed by atoms with van der Waals surface area (Å²) in [5.41, 5.74) is 6.57. The Kier molecular flexibility index (Phi) is 12.3. The first kappa shape index (κ1) is 36.7. The van der Waals surface area contributed by atoms with Crippen LogP contribution >= 0.6 is 0 Å². The largest absolute Gasteiger partial charge is 0.465 e. The van der Waals surface area contributed by atoms with E-state index in [9.17, 15) is 14.4 Å². The van der Waals surface area contributed by atoms with Gasteiger partial charge in [0.05, 0.1) is 6.26 Å². The molecule has 0 aromatic heterocycles. The van der Waals surface area contributed by atoms with Crippen molar-refractivity contribution in [2.45, 2.75) is 26.7 Å². The summed E-state index contributed by atoms with van der Waals surface area (Å²) in [6.07, 6.45) is 6.34. The van der Waals surface area contributed by atoms with Gasteiger partial charge in [-0.05, 0) is 108 Å². The topological polar surface area (TPSA) is 116 Å². The molecule has 0 heterocycles. The highest BCUT2D eigenvalue weighted by Gasteiger charge is 2.26. The second-order valence-corrected chi connectivity index (χ2v) is 11.8. The molecule has 1 aliphatic rings. The van der Waals surface area contributed by atoms with E-state index in [4.69, 9.17) is 33.2 Å². The number of fused-ring (bicyclic) bond motifs is 3. The Morgan fingerprint density at radius 2 is 1.08 bits per heavy atom. The highest BCUT2D eigenvalue weighted by Crippen LogP contribution is 2.47. The summed E-state index contributed by atoms with van der Waals surface area (Å²) >= 11 is 0. The molecule has 1 unspecified atom stereocenters. The van der Waals surface area contributed by atoms with Crippen molar-refractivity contribution >= 4 is 30.1 Å². The molecule has 0 saturated carbocycles. The van der Waals surface area contributed by atoms with E-state index in [1.807, 2.05) is 42.5 Å². The molecular formula is C42H38O10. The molecule has 0 amide bonds. The fraction of sp³-hybridized carbons (Fsp3) is 0.167. The van der Waals surface area contributed by atoms with Crippen molar-refractivity contribution < 1.29 is 47.5 Å². The van der Waals surface area contributed by atoms with Crippen LogP contribution < -0.4 is 18.9 Å². The number of hydrogen-bond donors (Lipinski definition) is 0. The van der Waals surface area contributed by atoms with E-state index in [1.165, 1.54) is 6.08 Å². The molecule has 4 aromatic rings. The van der Waals surface area contributed by atoms with Crippen LogP contribution in [0.1, 0.15) is 48.9 Å². The number of rotatable bonds is 16. The molecule has 1 atom stereocenters. The maximum Gasteiger partial charge on any atom is 0.336 e. The molecule has 0 bridgehead atoms. The van der Waals surface area contributed by atoms with Crippen molar-refractivity contribution in [1.82, 2.24) is 0 Å². The first-order valence-corrected chi connectivity index (χ1v) is 16.3. The molecule has 52 heavy (non-hydrogen) atoms. The van der Waals surface area contributed by atoms with Crippen LogP contribution in [0.25, 0.3) is 23.3 Å². The molecular weight excluding hydrogens is 664 g/mol. The van der Waals surface area contributed by atoms with E-state index >= 15 is 0 Å². The van der Waals surface area contributed by atoms with Crippen molar-refractivity contribution in [3.63, 3.8) is 0 Å². The van der Waals surface area contributed by atoms with Gasteiger partial charge in [-0.25, -0.2) is 14.4 Å². The number of hydrogen-bond acceptors (Lipinski definition) is 10. The minimum absolute atomic E-state index is 0.0183. The van der Waals surface area contributed by atoms with Gasteiger partial charge >= 0.3 is 17.9 Å². The van der Waals surface area contributed by atoms with Crippen LogP contribution in [-0.4, -0.2) is 38.3 Å². The van der Waals surface area contributed by atoms with E-state index in [-0.39, 0.29) is 26.3 Å². The van der Waals surface area contributed by atoms with Crippen LogP contribution in [0.15, 0.2) is 122 Å². The summed E-state index contributed by atoms with van der Waals surface area (Å²) in [6, 6.07) is 25.7. The minimum atomic E-state index is -0.525. The zero-order valence-electron chi connectivity index (χ0n) is 29.1. The standard InChI is InChI=1S/C42H38O10/c1-27(2)41(44)50-25-48-32-11-6-30(7-12-32)10-19-40(43)52-35-16-18-37-36-17-15-34(22-38(36)29(5)39(37)23-35)47-24-46-21-20-31-8-13-33(14-9-31)49-26-51-42(45)28(3)4/h6-23,29H,1,3,24-26H2,2,4-5H3. The number of esters is 3. The van der Waals surface area contributed by atoms with Crippen LogP contribution in [-0.2, 0) is 28.6 Å². The molecule has 1 aliphatic carbocycles. The Morgan fingerprint density at radius 1 is 0.615 bits per heavy atom. The van der Waals surface area contributed by atoms with Crippen LogP contribution in [0.2, 0.25) is 0 Å². The van der Waals surface area contributed by atoms with E-state index in [0.29, 0.717) is 34.1 Å². The maximum absolute atomic E-state index is 12.6. The molecule has 10 nitrogen and oxygen atoms in total. The zero-order chi connectivity index (χ0) is 37.0. The summed E-state index contributed by atoms with van der Waals surface area (Å²) in [7, 11) is 0. The summed E-state index contributed by atoms with van der Waals surface area (Å²) in [5.74, 6) is 0.702. The van der Waals surface area contributed by atoms with Crippen LogP contribution in [0.4, 0.5) is 0 Å². The molecule has 0 fully saturated rings. The Balaban J connectivity index is 1.07. The fourth-order valence-electron chi connectivity index (χ4n) is 5.09. The van der Waals surface area contributed by atoms with E-state index < -0.39 is 17.9 Å². The first-order valence-electron chi connectivity index (χ1n) is 16.3. The number of carbonyl (C=O) groups is 3. The van der Waals surface area contributed by atoms with Gasteiger partial charge in [-0.2, -0.15) is 0 Å². The second-order valence-electron chi connectivity index (χ2n) is 11.8.